The zero-order valence-corrected chi connectivity index (χ0v) is 15.0. The van der Waals surface area contributed by atoms with Crippen LogP contribution in [0.5, 0.6) is 0 Å². The summed E-state index contributed by atoms with van der Waals surface area (Å²) in [5.41, 5.74) is 2.79. The summed E-state index contributed by atoms with van der Waals surface area (Å²) < 4.78 is 0.831. The van der Waals surface area contributed by atoms with Crippen LogP contribution in [0.15, 0.2) is 36.4 Å². The van der Waals surface area contributed by atoms with Crippen LogP contribution in [0.1, 0.15) is 31.7 Å². The lowest BCUT2D eigenvalue weighted by molar-refractivity contribution is 0.116. The second kappa shape index (κ2) is 7.05. The van der Waals surface area contributed by atoms with Crippen molar-refractivity contribution in [1.29, 1.82) is 5.26 Å². The third kappa shape index (κ3) is 4.14. The molecule has 1 aliphatic rings. The van der Waals surface area contributed by atoms with Crippen LogP contribution in [-0.2, 0) is 6.54 Å². The molecule has 0 saturated carbocycles. The van der Waals surface area contributed by atoms with Gasteiger partial charge in [0.1, 0.15) is 0 Å². The highest BCUT2D eigenvalue weighted by atomic mass is 35.5. The van der Waals surface area contributed by atoms with Gasteiger partial charge >= 0.3 is 0 Å². The molecule has 0 radical (unpaired) electrons. The molecule has 1 aromatic carbocycles. The first-order valence-electron chi connectivity index (χ1n) is 8.02. The minimum absolute atomic E-state index is 0.216. The minimum Gasteiger partial charge on any atom is -0.299 e. The summed E-state index contributed by atoms with van der Waals surface area (Å²) in [7, 11) is 0. The molecule has 23 heavy (non-hydrogen) atoms. The van der Waals surface area contributed by atoms with Gasteiger partial charge in [-0.2, -0.15) is 5.26 Å². The number of benzene rings is 1. The summed E-state index contributed by atoms with van der Waals surface area (Å²) >= 11 is 7.62. The number of likely N-dealkylation sites (tertiary alicyclic amines) is 1. The van der Waals surface area contributed by atoms with E-state index in [2.05, 4.69) is 48.2 Å². The SMILES string of the molecule is CC1(CC#N)CCN(Cc2ccc(-c3ccc(Cl)s3)cc2)CC1. The number of nitrogens with zero attached hydrogens (tertiary/aromatic N) is 2. The van der Waals surface area contributed by atoms with Gasteiger partial charge in [0.15, 0.2) is 0 Å². The van der Waals surface area contributed by atoms with E-state index >= 15 is 0 Å². The van der Waals surface area contributed by atoms with Gasteiger partial charge in [-0.3, -0.25) is 4.90 Å². The Bertz CT molecular complexity index is 691. The fourth-order valence-electron chi connectivity index (χ4n) is 3.12. The second-order valence-corrected chi connectivity index (χ2v) is 8.44. The van der Waals surface area contributed by atoms with Gasteiger partial charge in [0.05, 0.1) is 10.4 Å². The lowest BCUT2D eigenvalue weighted by Gasteiger charge is -2.38. The lowest BCUT2D eigenvalue weighted by atomic mass is 9.78. The summed E-state index contributed by atoms with van der Waals surface area (Å²) in [5.74, 6) is 0. The number of piperidine rings is 1. The molecule has 1 aromatic heterocycles. The van der Waals surface area contributed by atoms with Crippen molar-refractivity contribution in [2.75, 3.05) is 13.1 Å². The van der Waals surface area contributed by atoms with Gasteiger partial charge in [-0.25, -0.2) is 0 Å². The highest BCUT2D eigenvalue weighted by molar-refractivity contribution is 7.19. The molecule has 0 unspecified atom stereocenters. The molecule has 2 nitrogen and oxygen atoms in total. The molecule has 0 N–H and O–H groups in total. The lowest BCUT2D eigenvalue weighted by Crippen LogP contribution is -2.38. The zero-order valence-electron chi connectivity index (χ0n) is 13.4. The maximum absolute atomic E-state index is 8.94. The van der Waals surface area contributed by atoms with Gasteiger partial charge in [-0.1, -0.05) is 42.8 Å². The maximum atomic E-state index is 8.94. The van der Waals surface area contributed by atoms with Crippen molar-refractivity contribution in [3.8, 4) is 16.5 Å². The van der Waals surface area contributed by atoms with Gasteiger partial charge in [-0.05, 0) is 54.6 Å². The number of hydrogen-bond donors (Lipinski definition) is 0. The van der Waals surface area contributed by atoms with Crippen LogP contribution in [-0.4, -0.2) is 18.0 Å². The van der Waals surface area contributed by atoms with Gasteiger partial charge in [-0.15, -0.1) is 11.3 Å². The van der Waals surface area contributed by atoms with Crippen molar-refractivity contribution >= 4 is 22.9 Å². The van der Waals surface area contributed by atoms with Crippen molar-refractivity contribution < 1.29 is 0 Å². The van der Waals surface area contributed by atoms with Crippen LogP contribution in [0.3, 0.4) is 0 Å². The van der Waals surface area contributed by atoms with E-state index in [9.17, 15) is 0 Å². The average Bonchev–Trinajstić information content (AvgIpc) is 2.97. The first-order valence-corrected chi connectivity index (χ1v) is 9.21. The quantitative estimate of drug-likeness (QED) is 0.723. The summed E-state index contributed by atoms with van der Waals surface area (Å²) in [4.78, 5) is 3.71. The Labute approximate surface area is 147 Å². The summed E-state index contributed by atoms with van der Waals surface area (Å²) in [5, 5.41) is 8.94. The van der Waals surface area contributed by atoms with Crippen LogP contribution >= 0.6 is 22.9 Å². The van der Waals surface area contributed by atoms with E-state index in [0.29, 0.717) is 6.42 Å². The summed E-state index contributed by atoms with van der Waals surface area (Å²) in [6.07, 6.45) is 2.91. The predicted molar refractivity (Wildman–Crippen MR) is 97.6 cm³/mol. The van der Waals surface area contributed by atoms with E-state index in [4.69, 9.17) is 16.9 Å². The monoisotopic (exact) mass is 344 g/mol. The Kier molecular flexibility index (Phi) is 5.06. The molecule has 0 atom stereocenters. The van der Waals surface area contributed by atoms with Gasteiger partial charge in [0.2, 0.25) is 0 Å². The molecule has 2 aromatic rings. The Balaban J connectivity index is 1.58. The van der Waals surface area contributed by atoms with Crippen molar-refractivity contribution in [3.63, 3.8) is 0 Å². The Morgan fingerprint density at radius 1 is 1.17 bits per heavy atom. The molecule has 1 fully saturated rings. The zero-order chi connectivity index (χ0) is 16.3. The topological polar surface area (TPSA) is 27.0 Å². The van der Waals surface area contributed by atoms with Crippen molar-refractivity contribution in [2.45, 2.75) is 32.7 Å². The fourth-order valence-corrected chi connectivity index (χ4v) is 4.17. The molecular weight excluding hydrogens is 324 g/mol. The van der Waals surface area contributed by atoms with E-state index in [1.165, 1.54) is 16.0 Å². The second-order valence-electron chi connectivity index (χ2n) is 6.72. The highest BCUT2D eigenvalue weighted by Gasteiger charge is 2.29. The third-order valence-electron chi connectivity index (χ3n) is 4.79. The molecular formula is C19H21ClN2S. The highest BCUT2D eigenvalue weighted by Crippen LogP contribution is 2.35. The van der Waals surface area contributed by atoms with E-state index in [-0.39, 0.29) is 5.41 Å². The molecule has 3 rings (SSSR count). The molecule has 1 aliphatic heterocycles. The van der Waals surface area contributed by atoms with Crippen LogP contribution in [0.25, 0.3) is 10.4 Å². The number of nitriles is 1. The summed E-state index contributed by atoms with van der Waals surface area (Å²) in [6, 6.07) is 15.1. The average molecular weight is 345 g/mol. The molecule has 2 heterocycles. The number of hydrogen-bond acceptors (Lipinski definition) is 3. The smallest absolute Gasteiger partial charge is 0.0934 e. The Morgan fingerprint density at radius 2 is 1.87 bits per heavy atom. The van der Waals surface area contributed by atoms with Gasteiger partial charge in [0.25, 0.3) is 0 Å². The standard InChI is InChI=1S/C19H21ClN2S/c1-19(8-11-21)9-12-22(13-10-19)14-15-2-4-16(5-3-15)17-6-7-18(20)23-17/h2-7H,8-10,12-14H2,1H3. The Hall–Kier alpha value is -1.34. The summed E-state index contributed by atoms with van der Waals surface area (Å²) in [6.45, 7) is 5.41. The molecule has 0 spiro atoms. The van der Waals surface area contributed by atoms with Gasteiger partial charge < -0.3 is 0 Å². The normalized spacial score (nSPS) is 17.8. The van der Waals surface area contributed by atoms with Gasteiger partial charge in [0, 0.05) is 17.8 Å². The Morgan fingerprint density at radius 3 is 2.43 bits per heavy atom. The van der Waals surface area contributed by atoms with Crippen LogP contribution < -0.4 is 0 Å². The van der Waals surface area contributed by atoms with E-state index in [1.807, 2.05) is 6.07 Å². The fraction of sp³-hybridized carbons (Fsp3) is 0.421. The largest absolute Gasteiger partial charge is 0.299 e. The number of rotatable bonds is 4. The molecule has 0 amide bonds. The van der Waals surface area contributed by atoms with E-state index in [1.54, 1.807) is 11.3 Å². The van der Waals surface area contributed by atoms with Crippen molar-refractivity contribution in [1.82, 2.24) is 4.90 Å². The first kappa shape index (κ1) is 16.5. The van der Waals surface area contributed by atoms with Crippen LogP contribution in [0.4, 0.5) is 0 Å². The van der Waals surface area contributed by atoms with Crippen molar-refractivity contribution in [3.05, 3.63) is 46.3 Å². The molecule has 0 aliphatic carbocycles. The van der Waals surface area contributed by atoms with E-state index < -0.39 is 0 Å². The number of thiophene rings is 1. The molecule has 1 saturated heterocycles. The predicted octanol–water partition coefficient (Wildman–Crippen LogP) is 5.58. The maximum Gasteiger partial charge on any atom is 0.0934 e. The van der Waals surface area contributed by atoms with Crippen LogP contribution in [0, 0.1) is 16.7 Å². The third-order valence-corrected chi connectivity index (χ3v) is 6.07. The van der Waals surface area contributed by atoms with Crippen molar-refractivity contribution in [2.24, 2.45) is 5.41 Å². The molecule has 4 heteroatoms. The van der Waals surface area contributed by atoms with Crippen LogP contribution in [0.2, 0.25) is 4.34 Å². The minimum atomic E-state index is 0.216. The molecule has 120 valence electrons. The first-order chi connectivity index (χ1) is 11.1. The number of halogens is 1. The molecule has 0 bridgehead atoms. The van der Waals surface area contributed by atoms with E-state index in [0.717, 1.165) is 36.8 Å².